The van der Waals surface area contributed by atoms with E-state index < -0.39 is 0 Å². The van der Waals surface area contributed by atoms with Gasteiger partial charge in [-0.2, -0.15) is 0 Å². The fourth-order valence-corrected chi connectivity index (χ4v) is 2.58. The van der Waals surface area contributed by atoms with Gasteiger partial charge in [0.2, 0.25) is 0 Å². The molecule has 1 aliphatic rings. The average Bonchev–Trinajstić information content (AvgIpc) is 2.33. The zero-order valence-electron chi connectivity index (χ0n) is 10.6. The molecule has 94 valence electrons. The third-order valence-corrected chi connectivity index (χ3v) is 3.96. The van der Waals surface area contributed by atoms with Crippen LogP contribution in [0.1, 0.15) is 19.8 Å². The van der Waals surface area contributed by atoms with Crippen molar-refractivity contribution in [2.75, 3.05) is 25.5 Å². The maximum atomic E-state index is 5.88. The highest BCUT2D eigenvalue weighted by molar-refractivity contribution is 6.30. The highest BCUT2D eigenvalue weighted by atomic mass is 35.5. The predicted octanol–water partition coefficient (Wildman–Crippen LogP) is 3.48. The van der Waals surface area contributed by atoms with Crippen LogP contribution in [0.25, 0.3) is 0 Å². The van der Waals surface area contributed by atoms with E-state index in [0.29, 0.717) is 6.04 Å². The van der Waals surface area contributed by atoms with Gasteiger partial charge in [0, 0.05) is 16.8 Å². The number of benzene rings is 1. The Morgan fingerprint density at radius 1 is 1.24 bits per heavy atom. The summed E-state index contributed by atoms with van der Waals surface area (Å²) in [5.41, 5.74) is 1.17. The molecule has 1 atom stereocenters. The second-order valence-corrected chi connectivity index (χ2v) is 5.52. The van der Waals surface area contributed by atoms with Crippen molar-refractivity contribution in [3.8, 4) is 0 Å². The van der Waals surface area contributed by atoms with Crippen LogP contribution in [0.5, 0.6) is 0 Å². The molecule has 1 fully saturated rings. The lowest BCUT2D eigenvalue weighted by atomic mass is 9.90. The first-order chi connectivity index (χ1) is 8.15. The topological polar surface area (TPSA) is 15.3 Å². The van der Waals surface area contributed by atoms with Gasteiger partial charge in [-0.15, -0.1) is 0 Å². The number of halogens is 1. The Bertz CT molecular complexity index is 342. The Labute approximate surface area is 109 Å². The van der Waals surface area contributed by atoms with E-state index in [1.807, 2.05) is 24.3 Å². The van der Waals surface area contributed by atoms with Crippen molar-refractivity contribution in [2.45, 2.75) is 25.8 Å². The van der Waals surface area contributed by atoms with Crippen molar-refractivity contribution < 1.29 is 0 Å². The fourth-order valence-electron chi connectivity index (χ4n) is 2.46. The van der Waals surface area contributed by atoms with Crippen LogP contribution in [-0.4, -0.2) is 31.1 Å². The lowest BCUT2D eigenvalue weighted by molar-refractivity contribution is 0.208. The maximum absolute atomic E-state index is 5.88. The molecule has 0 amide bonds. The van der Waals surface area contributed by atoms with E-state index >= 15 is 0 Å². The highest BCUT2D eigenvalue weighted by Gasteiger charge is 2.21. The summed E-state index contributed by atoms with van der Waals surface area (Å²) in [6.45, 7) is 4.72. The van der Waals surface area contributed by atoms with Gasteiger partial charge in [-0.3, -0.25) is 0 Å². The van der Waals surface area contributed by atoms with Crippen molar-refractivity contribution in [2.24, 2.45) is 5.92 Å². The third kappa shape index (κ3) is 3.62. The molecule has 3 heteroatoms. The Kier molecular flexibility index (Phi) is 4.30. The van der Waals surface area contributed by atoms with E-state index in [9.17, 15) is 0 Å². The molecule has 1 aromatic carbocycles. The Morgan fingerprint density at radius 2 is 1.82 bits per heavy atom. The fraction of sp³-hybridized carbons (Fsp3) is 0.571. The average molecular weight is 253 g/mol. The zero-order valence-corrected chi connectivity index (χ0v) is 11.4. The van der Waals surface area contributed by atoms with Gasteiger partial charge in [-0.25, -0.2) is 0 Å². The Hall–Kier alpha value is -0.730. The molecule has 17 heavy (non-hydrogen) atoms. The molecule has 1 unspecified atom stereocenters. The lowest BCUT2D eigenvalue weighted by Gasteiger charge is -2.33. The summed E-state index contributed by atoms with van der Waals surface area (Å²) in [5, 5.41) is 4.37. The highest BCUT2D eigenvalue weighted by Crippen LogP contribution is 2.23. The van der Waals surface area contributed by atoms with E-state index in [0.717, 1.165) is 10.9 Å². The third-order valence-electron chi connectivity index (χ3n) is 3.71. The molecule has 2 rings (SSSR count). The first kappa shape index (κ1) is 12.7. The molecule has 0 bridgehead atoms. The molecule has 0 spiro atoms. The molecule has 1 saturated heterocycles. The van der Waals surface area contributed by atoms with Gasteiger partial charge in [0.1, 0.15) is 0 Å². The van der Waals surface area contributed by atoms with Crippen molar-refractivity contribution in [3.05, 3.63) is 29.3 Å². The summed E-state index contributed by atoms with van der Waals surface area (Å²) in [7, 11) is 2.20. The summed E-state index contributed by atoms with van der Waals surface area (Å²) in [4.78, 5) is 2.41. The number of hydrogen-bond donors (Lipinski definition) is 1. The largest absolute Gasteiger partial charge is 0.382 e. The number of anilines is 1. The summed E-state index contributed by atoms with van der Waals surface area (Å²) < 4.78 is 0. The van der Waals surface area contributed by atoms with E-state index in [1.165, 1.54) is 31.6 Å². The standard InChI is InChI=1S/C14H21ClN2/c1-11(12-7-9-17(2)10-8-12)16-14-5-3-13(15)4-6-14/h3-6,11-12,16H,7-10H2,1-2H3. The van der Waals surface area contributed by atoms with Crippen molar-refractivity contribution in [3.63, 3.8) is 0 Å². The summed E-state index contributed by atoms with van der Waals surface area (Å²) >= 11 is 5.88. The maximum Gasteiger partial charge on any atom is 0.0407 e. The SMILES string of the molecule is CC(Nc1ccc(Cl)cc1)C1CCN(C)CC1. The van der Waals surface area contributed by atoms with Gasteiger partial charge < -0.3 is 10.2 Å². The second-order valence-electron chi connectivity index (χ2n) is 5.08. The molecule has 1 N–H and O–H groups in total. The molecule has 0 radical (unpaired) electrons. The Morgan fingerprint density at radius 3 is 2.41 bits per heavy atom. The Balaban J connectivity index is 1.88. The molecule has 2 nitrogen and oxygen atoms in total. The first-order valence-electron chi connectivity index (χ1n) is 6.36. The van der Waals surface area contributed by atoms with E-state index in [-0.39, 0.29) is 0 Å². The monoisotopic (exact) mass is 252 g/mol. The van der Waals surface area contributed by atoms with Crippen LogP contribution >= 0.6 is 11.6 Å². The number of likely N-dealkylation sites (tertiary alicyclic amines) is 1. The van der Waals surface area contributed by atoms with Crippen LogP contribution in [0.3, 0.4) is 0 Å². The van der Waals surface area contributed by atoms with Crippen LogP contribution < -0.4 is 5.32 Å². The number of piperidine rings is 1. The van der Waals surface area contributed by atoms with Crippen molar-refractivity contribution in [1.29, 1.82) is 0 Å². The summed E-state index contributed by atoms with van der Waals surface area (Å²) in [6.07, 6.45) is 2.58. The summed E-state index contributed by atoms with van der Waals surface area (Å²) in [5.74, 6) is 0.780. The summed E-state index contributed by atoms with van der Waals surface area (Å²) in [6, 6.07) is 8.50. The molecule has 0 saturated carbocycles. The molecular formula is C14H21ClN2. The van der Waals surface area contributed by atoms with Gasteiger partial charge in [-0.1, -0.05) is 11.6 Å². The molecule has 1 aliphatic heterocycles. The minimum absolute atomic E-state index is 0.532. The minimum atomic E-state index is 0.532. The van der Waals surface area contributed by atoms with Crippen molar-refractivity contribution >= 4 is 17.3 Å². The van der Waals surface area contributed by atoms with Gasteiger partial charge >= 0.3 is 0 Å². The zero-order chi connectivity index (χ0) is 12.3. The molecule has 0 aliphatic carbocycles. The lowest BCUT2D eigenvalue weighted by Crippen LogP contribution is -2.37. The van der Waals surface area contributed by atoms with E-state index in [1.54, 1.807) is 0 Å². The second kappa shape index (κ2) is 5.74. The van der Waals surface area contributed by atoms with E-state index in [2.05, 4.69) is 24.2 Å². The smallest absolute Gasteiger partial charge is 0.0407 e. The molecule has 1 aromatic rings. The van der Waals surface area contributed by atoms with Gasteiger partial charge in [0.15, 0.2) is 0 Å². The quantitative estimate of drug-likeness (QED) is 0.886. The van der Waals surface area contributed by atoms with Crippen LogP contribution in [-0.2, 0) is 0 Å². The number of hydrogen-bond acceptors (Lipinski definition) is 2. The molecule has 1 heterocycles. The first-order valence-corrected chi connectivity index (χ1v) is 6.73. The molecular weight excluding hydrogens is 232 g/mol. The number of rotatable bonds is 3. The van der Waals surface area contributed by atoms with Gasteiger partial charge in [0.05, 0.1) is 0 Å². The predicted molar refractivity (Wildman–Crippen MR) is 74.8 cm³/mol. The number of nitrogens with zero attached hydrogens (tertiary/aromatic N) is 1. The van der Waals surface area contributed by atoms with Crippen LogP contribution in [0.15, 0.2) is 24.3 Å². The van der Waals surface area contributed by atoms with Crippen LogP contribution in [0.4, 0.5) is 5.69 Å². The van der Waals surface area contributed by atoms with Crippen LogP contribution in [0.2, 0.25) is 5.02 Å². The normalized spacial score (nSPS) is 20.2. The van der Waals surface area contributed by atoms with Gasteiger partial charge in [-0.05, 0) is 70.1 Å². The van der Waals surface area contributed by atoms with E-state index in [4.69, 9.17) is 11.6 Å². The van der Waals surface area contributed by atoms with Crippen molar-refractivity contribution in [1.82, 2.24) is 4.90 Å². The van der Waals surface area contributed by atoms with Crippen LogP contribution in [0, 0.1) is 5.92 Å². The molecule has 0 aromatic heterocycles. The minimum Gasteiger partial charge on any atom is -0.382 e. The van der Waals surface area contributed by atoms with Gasteiger partial charge in [0.25, 0.3) is 0 Å². The number of nitrogens with one attached hydrogen (secondary N) is 1.